The number of rotatable bonds is 6. The highest BCUT2D eigenvalue weighted by molar-refractivity contribution is 6.30. The van der Waals surface area contributed by atoms with Gasteiger partial charge in [0.2, 0.25) is 0 Å². The van der Waals surface area contributed by atoms with E-state index in [1.807, 2.05) is 30.3 Å². The molecule has 6 nitrogen and oxygen atoms in total. The van der Waals surface area contributed by atoms with Crippen LogP contribution in [0.1, 0.15) is 37.7 Å². The van der Waals surface area contributed by atoms with E-state index in [2.05, 4.69) is 15.5 Å². The molecule has 176 valence electrons. The van der Waals surface area contributed by atoms with Gasteiger partial charge in [-0.1, -0.05) is 23.7 Å². The van der Waals surface area contributed by atoms with Crippen molar-refractivity contribution in [2.24, 2.45) is 0 Å². The number of hydrogen-bond acceptors (Lipinski definition) is 4. The molecule has 2 N–H and O–H groups in total. The molecule has 2 heterocycles. The molecule has 2 fully saturated rings. The van der Waals surface area contributed by atoms with Crippen molar-refractivity contribution in [1.29, 1.82) is 0 Å². The lowest BCUT2D eigenvalue weighted by atomic mass is 9.89. The average Bonchev–Trinajstić information content (AvgIpc) is 3.29. The normalized spacial score (nSPS) is 19.1. The van der Waals surface area contributed by atoms with Gasteiger partial charge in [-0.3, -0.25) is 4.79 Å². The zero-order valence-electron chi connectivity index (χ0n) is 18.8. The molecule has 0 bridgehead atoms. The lowest BCUT2D eigenvalue weighted by molar-refractivity contribution is -0.116. The molecule has 8 heteroatoms. The summed E-state index contributed by atoms with van der Waals surface area (Å²) < 4.78 is 14.8. The number of anilines is 2. The predicted octanol–water partition coefficient (Wildman–Crippen LogP) is 4.65. The zero-order valence-corrected chi connectivity index (χ0v) is 19.6. The Bertz CT molecular complexity index is 992. The molecule has 2 aliphatic heterocycles. The molecule has 0 spiro atoms. The highest BCUT2D eigenvalue weighted by Gasteiger charge is 2.26. The maximum Gasteiger partial charge on any atom is 0.321 e. The van der Waals surface area contributed by atoms with Gasteiger partial charge in [0.25, 0.3) is 0 Å². The SMILES string of the molecule is CC(=O)CNC1CCN(c2ccc(NC(=O)N3CCC(c4ccc(Cl)cc4)CC3)c(F)c2)C1. The maximum atomic E-state index is 14.8. The summed E-state index contributed by atoms with van der Waals surface area (Å²) in [7, 11) is 0. The second kappa shape index (κ2) is 10.5. The van der Waals surface area contributed by atoms with Gasteiger partial charge in [-0.25, -0.2) is 9.18 Å². The fourth-order valence-corrected chi connectivity index (χ4v) is 4.72. The first-order chi connectivity index (χ1) is 15.9. The molecule has 4 rings (SSSR count). The minimum atomic E-state index is -0.447. The van der Waals surface area contributed by atoms with E-state index < -0.39 is 5.82 Å². The number of piperidine rings is 1. The quantitative estimate of drug-likeness (QED) is 0.642. The molecule has 0 aliphatic carbocycles. The number of nitrogens with zero attached hydrogens (tertiary/aromatic N) is 2. The van der Waals surface area contributed by atoms with Crippen LogP contribution >= 0.6 is 11.6 Å². The van der Waals surface area contributed by atoms with Crippen molar-refractivity contribution < 1.29 is 14.0 Å². The Kier molecular flexibility index (Phi) is 7.50. The number of ketones is 1. The van der Waals surface area contributed by atoms with Crippen LogP contribution in [0.4, 0.5) is 20.6 Å². The largest absolute Gasteiger partial charge is 0.370 e. The van der Waals surface area contributed by atoms with Gasteiger partial charge in [-0.2, -0.15) is 0 Å². The van der Waals surface area contributed by atoms with Crippen molar-refractivity contribution in [2.75, 3.05) is 42.9 Å². The Morgan fingerprint density at radius 2 is 1.79 bits per heavy atom. The van der Waals surface area contributed by atoms with E-state index in [1.54, 1.807) is 17.9 Å². The first-order valence-electron chi connectivity index (χ1n) is 11.5. The van der Waals surface area contributed by atoms with Crippen LogP contribution in [0.5, 0.6) is 0 Å². The maximum absolute atomic E-state index is 14.8. The van der Waals surface area contributed by atoms with Crippen molar-refractivity contribution >= 4 is 34.8 Å². The molecule has 1 unspecified atom stereocenters. The zero-order chi connectivity index (χ0) is 23.4. The van der Waals surface area contributed by atoms with E-state index in [0.717, 1.165) is 43.1 Å². The van der Waals surface area contributed by atoms with E-state index in [1.165, 1.54) is 11.6 Å². The summed E-state index contributed by atoms with van der Waals surface area (Å²) >= 11 is 5.97. The third-order valence-corrected chi connectivity index (χ3v) is 6.76. The molecule has 2 aliphatic rings. The van der Waals surface area contributed by atoms with Gasteiger partial charge in [-0.15, -0.1) is 0 Å². The number of hydrogen-bond donors (Lipinski definition) is 2. The molecule has 1 atom stereocenters. The molecule has 2 saturated heterocycles. The topological polar surface area (TPSA) is 64.7 Å². The second-order valence-corrected chi connectivity index (χ2v) is 9.36. The monoisotopic (exact) mass is 472 g/mol. The molecular weight excluding hydrogens is 443 g/mol. The molecule has 0 saturated carbocycles. The van der Waals surface area contributed by atoms with Gasteiger partial charge in [0, 0.05) is 42.9 Å². The number of halogens is 2. The minimum Gasteiger partial charge on any atom is -0.370 e. The third kappa shape index (κ3) is 6.03. The number of benzene rings is 2. The van der Waals surface area contributed by atoms with Crippen LogP contribution in [0.3, 0.4) is 0 Å². The van der Waals surface area contributed by atoms with Gasteiger partial charge in [0.05, 0.1) is 12.2 Å². The van der Waals surface area contributed by atoms with Crippen molar-refractivity contribution in [3.05, 3.63) is 58.9 Å². The molecular formula is C25H30ClFN4O2. The lowest BCUT2D eigenvalue weighted by Crippen LogP contribution is -2.40. The molecule has 0 radical (unpaired) electrons. The van der Waals surface area contributed by atoms with Crippen LogP contribution < -0.4 is 15.5 Å². The van der Waals surface area contributed by atoms with E-state index in [-0.39, 0.29) is 23.5 Å². The summed E-state index contributed by atoms with van der Waals surface area (Å²) in [6, 6.07) is 12.7. The number of likely N-dealkylation sites (tertiary alicyclic amines) is 1. The summed E-state index contributed by atoms with van der Waals surface area (Å²) in [5, 5.41) is 6.68. The summed E-state index contributed by atoms with van der Waals surface area (Å²) in [6.45, 7) is 4.69. The number of Topliss-reactive ketones (excluding diaryl/α,β-unsaturated/α-hetero) is 1. The van der Waals surface area contributed by atoms with Gasteiger partial charge >= 0.3 is 6.03 Å². The Balaban J connectivity index is 1.29. The van der Waals surface area contributed by atoms with Crippen LogP contribution in [0.15, 0.2) is 42.5 Å². The lowest BCUT2D eigenvalue weighted by Gasteiger charge is -2.32. The Hall–Kier alpha value is -2.64. The fourth-order valence-electron chi connectivity index (χ4n) is 4.60. The van der Waals surface area contributed by atoms with E-state index >= 15 is 0 Å². The first kappa shape index (κ1) is 23.5. The van der Waals surface area contributed by atoms with E-state index in [0.29, 0.717) is 25.6 Å². The Morgan fingerprint density at radius 3 is 2.45 bits per heavy atom. The van der Waals surface area contributed by atoms with E-state index in [4.69, 9.17) is 11.6 Å². The second-order valence-electron chi connectivity index (χ2n) is 8.92. The number of urea groups is 1. The minimum absolute atomic E-state index is 0.105. The van der Waals surface area contributed by atoms with Crippen LogP contribution in [-0.2, 0) is 4.79 Å². The first-order valence-corrected chi connectivity index (χ1v) is 11.9. The smallest absolute Gasteiger partial charge is 0.321 e. The molecule has 2 aromatic rings. The number of carbonyl (C=O) groups is 2. The van der Waals surface area contributed by atoms with Crippen LogP contribution in [-0.4, -0.2) is 55.5 Å². The molecule has 33 heavy (non-hydrogen) atoms. The summed E-state index contributed by atoms with van der Waals surface area (Å²) in [5.74, 6) is 0.0578. The summed E-state index contributed by atoms with van der Waals surface area (Å²) in [6.07, 6.45) is 2.63. The fraction of sp³-hybridized carbons (Fsp3) is 0.440. The molecule has 0 aromatic heterocycles. The number of nitrogens with one attached hydrogen (secondary N) is 2. The average molecular weight is 473 g/mol. The molecule has 2 amide bonds. The van der Waals surface area contributed by atoms with Crippen LogP contribution in [0.2, 0.25) is 5.02 Å². The van der Waals surface area contributed by atoms with Crippen molar-refractivity contribution in [2.45, 2.75) is 38.1 Å². The van der Waals surface area contributed by atoms with Gasteiger partial charge in [-0.05, 0) is 68.0 Å². The number of carbonyl (C=O) groups excluding carboxylic acids is 2. The summed E-state index contributed by atoms with van der Waals surface area (Å²) in [4.78, 5) is 27.7. The number of amides is 2. The van der Waals surface area contributed by atoms with Crippen LogP contribution in [0, 0.1) is 5.82 Å². The van der Waals surface area contributed by atoms with Gasteiger partial charge in [0.15, 0.2) is 0 Å². The Labute approximate surface area is 199 Å². The summed E-state index contributed by atoms with van der Waals surface area (Å²) in [5.41, 5.74) is 2.21. The highest BCUT2D eigenvalue weighted by Crippen LogP contribution is 2.30. The Morgan fingerprint density at radius 1 is 1.06 bits per heavy atom. The predicted molar refractivity (Wildman–Crippen MR) is 130 cm³/mol. The van der Waals surface area contributed by atoms with E-state index in [9.17, 15) is 14.0 Å². The van der Waals surface area contributed by atoms with Crippen molar-refractivity contribution in [3.8, 4) is 0 Å². The van der Waals surface area contributed by atoms with Gasteiger partial charge in [0.1, 0.15) is 11.6 Å². The highest BCUT2D eigenvalue weighted by atomic mass is 35.5. The van der Waals surface area contributed by atoms with Crippen molar-refractivity contribution in [3.63, 3.8) is 0 Å². The third-order valence-electron chi connectivity index (χ3n) is 6.51. The van der Waals surface area contributed by atoms with Crippen LogP contribution in [0.25, 0.3) is 0 Å². The standard InChI is InChI=1S/C25H30ClFN4O2/c1-17(32)15-28-21-10-13-31(16-21)22-6-7-24(23(27)14-22)29-25(33)30-11-8-19(9-12-30)18-2-4-20(26)5-3-18/h2-7,14,19,21,28H,8-13,15-16H2,1H3,(H,29,33). The van der Waals surface area contributed by atoms with Gasteiger partial charge < -0.3 is 20.4 Å². The van der Waals surface area contributed by atoms with Crippen molar-refractivity contribution in [1.82, 2.24) is 10.2 Å². The molecule has 2 aromatic carbocycles.